The van der Waals surface area contributed by atoms with Crippen LogP contribution in [0.1, 0.15) is 68.5 Å². The summed E-state index contributed by atoms with van der Waals surface area (Å²) in [6.07, 6.45) is 8.57. The van der Waals surface area contributed by atoms with Crippen LogP contribution in [0, 0.1) is 0 Å². The molecule has 1 aromatic carbocycles. The van der Waals surface area contributed by atoms with Crippen molar-refractivity contribution >= 4 is 14.1 Å². The second kappa shape index (κ2) is 13.8. The Labute approximate surface area is 230 Å². The molecule has 0 radical (unpaired) electrons. The zero-order valence-corrected chi connectivity index (χ0v) is 24.9. The lowest BCUT2D eigenvalue weighted by molar-refractivity contribution is -0.0183. The molecule has 2 amide bonds. The highest BCUT2D eigenvalue weighted by molar-refractivity contribution is 6.76. The van der Waals surface area contributed by atoms with E-state index in [-0.39, 0.29) is 24.1 Å². The summed E-state index contributed by atoms with van der Waals surface area (Å²) >= 11 is 0. The zero-order valence-electron chi connectivity index (χ0n) is 23.9. The number of likely N-dealkylation sites (tertiary alicyclic amines) is 1. The third kappa shape index (κ3) is 7.93. The Balaban J connectivity index is 1.40. The van der Waals surface area contributed by atoms with Crippen molar-refractivity contribution in [2.24, 2.45) is 0 Å². The van der Waals surface area contributed by atoms with Gasteiger partial charge in [-0.2, -0.15) is 5.10 Å². The fraction of sp³-hybridized carbons (Fsp3) is 0.667. The van der Waals surface area contributed by atoms with E-state index < -0.39 is 8.07 Å². The lowest BCUT2D eigenvalue weighted by Gasteiger charge is -2.42. The van der Waals surface area contributed by atoms with Gasteiger partial charge >= 0.3 is 6.03 Å². The van der Waals surface area contributed by atoms with Gasteiger partial charge in [0.1, 0.15) is 6.73 Å². The number of hydrogen-bond donors (Lipinski definition) is 1. The van der Waals surface area contributed by atoms with Crippen LogP contribution in [0.15, 0.2) is 42.6 Å². The molecule has 2 aliphatic rings. The number of carbonyl (C=O) groups excluding carboxylic acids is 1. The monoisotopic (exact) mass is 540 g/mol. The number of urea groups is 1. The summed E-state index contributed by atoms with van der Waals surface area (Å²) in [7, 11) is -1.14. The summed E-state index contributed by atoms with van der Waals surface area (Å²) in [6.45, 7) is 12.3. The molecule has 1 aliphatic heterocycles. The number of ether oxygens (including phenoxy) is 2. The molecule has 0 bridgehead atoms. The molecule has 2 aromatic rings. The molecule has 1 saturated carbocycles. The van der Waals surface area contributed by atoms with Gasteiger partial charge in [0, 0.05) is 45.6 Å². The average Bonchev–Trinajstić information content (AvgIpc) is 3.38. The normalized spacial score (nSPS) is 24.4. The Morgan fingerprint density at radius 2 is 1.84 bits per heavy atom. The van der Waals surface area contributed by atoms with Gasteiger partial charge in [0.2, 0.25) is 0 Å². The minimum atomic E-state index is -1.14. The minimum Gasteiger partial charge on any atom is -0.376 e. The molecular formula is C30H48N4O3Si. The molecule has 210 valence electrons. The van der Waals surface area contributed by atoms with E-state index in [0.717, 1.165) is 63.4 Å². The van der Waals surface area contributed by atoms with Gasteiger partial charge in [-0.3, -0.25) is 0 Å². The molecule has 2 heterocycles. The van der Waals surface area contributed by atoms with Crippen molar-refractivity contribution < 1.29 is 14.3 Å². The number of carbonyl (C=O) groups is 1. The highest BCUT2D eigenvalue weighted by Gasteiger charge is 2.38. The number of piperidine rings is 1. The summed E-state index contributed by atoms with van der Waals surface area (Å²) in [5, 5.41) is 7.63. The van der Waals surface area contributed by atoms with Gasteiger partial charge in [-0.15, -0.1) is 0 Å². The van der Waals surface area contributed by atoms with Crippen molar-refractivity contribution in [2.45, 2.75) is 102 Å². The van der Waals surface area contributed by atoms with Crippen LogP contribution in [-0.2, 0) is 16.2 Å². The van der Waals surface area contributed by atoms with Gasteiger partial charge in [-0.25, -0.2) is 9.48 Å². The molecular weight excluding hydrogens is 492 g/mol. The maximum absolute atomic E-state index is 13.1. The van der Waals surface area contributed by atoms with Crippen LogP contribution in [0.3, 0.4) is 0 Å². The zero-order chi connectivity index (χ0) is 27.0. The molecule has 0 spiro atoms. The summed E-state index contributed by atoms with van der Waals surface area (Å²) in [6, 6.07) is 14.1. The average molecular weight is 541 g/mol. The fourth-order valence-electron chi connectivity index (χ4n) is 5.93. The second-order valence-electron chi connectivity index (χ2n) is 12.2. The van der Waals surface area contributed by atoms with Crippen molar-refractivity contribution in [1.29, 1.82) is 0 Å². The molecule has 1 saturated heterocycles. The van der Waals surface area contributed by atoms with Crippen molar-refractivity contribution in [3.05, 3.63) is 53.9 Å². The van der Waals surface area contributed by atoms with E-state index in [1.54, 1.807) is 0 Å². The lowest BCUT2D eigenvalue weighted by atomic mass is 9.82. The SMILES string of the molecule is CCNC(=O)N1CCC[C@H](c2ccnn2COCC[Si](C)(C)C)[C@@H]1COC1CCC(c2ccccc2)CC1. The Morgan fingerprint density at radius 1 is 1.08 bits per heavy atom. The first kappa shape index (κ1) is 28.8. The maximum atomic E-state index is 13.1. The summed E-state index contributed by atoms with van der Waals surface area (Å²) in [5.41, 5.74) is 2.59. The Morgan fingerprint density at radius 3 is 2.55 bits per heavy atom. The highest BCUT2D eigenvalue weighted by atomic mass is 28.3. The van der Waals surface area contributed by atoms with Crippen molar-refractivity contribution in [3.8, 4) is 0 Å². The number of nitrogens with one attached hydrogen (secondary N) is 1. The number of aromatic nitrogens is 2. The predicted molar refractivity (Wildman–Crippen MR) is 155 cm³/mol. The van der Waals surface area contributed by atoms with Gasteiger partial charge < -0.3 is 19.7 Å². The van der Waals surface area contributed by atoms with Crippen LogP contribution < -0.4 is 5.32 Å². The first-order chi connectivity index (χ1) is 18.4. The topological polar surface area (TPSA) is 68.6 Å². The van der Waals surface area contributed by atoms with Crippen molar-refractivity contribution in [2.75, 3.05) is 26.3 Å². The Kier molecular flexibility index (Phi) is 10.4. The molecule has 38 heavy (non-hydrogen) atoms. The highest BCUT2D eigenvalue weighted by Crippen LogP contribution is 2.36. The molecule has 1 aromatic heterocycles. The van der Waals surface area contributed by atoms with Gasteiger partial charge in [0.25, 0.3) is 0 Å². The Bertz CT molecular complexity index is 985. The first-order valence-corrected chi connectivity index (χ1v) is 18.4. The van der Waals surface area contributed by atoms with Crippen LogP contribution in [0.5, 0.6) is 0 Å². The first-order valence-electron chi connectivity index (χ1n) is 14.7. The van der Waals surface area contributed by atoms with E-state index in [2.05, 4.69) is 66.5 Å². The van der Waals surface area contributed by atoms with Gasteiger partial charge in [-0.1, -0.05) is 50.0 Å². The predicted octanol–water partition coefficient (Wildman–Crippen LogP) is 6.22. The number of nitrogens with zero attached hydrogens (tertiary/aromatic N) is 3. The standard InChI is InChI=1S/C30H48N4O3Si/c1-5-31-30(35)33-19-9-12-27(28-17-18-32-34(28)23-36-20-21-38(2,3)4)29(33)22-37-26-15-13-25(14-16-26)24-10-7-6-8-11-24/h6-8,10-11,17-18,25-27,29H,5,9,12-16,19-23H2,1-4H3,(H,31,35)/t25?,26?,27-,29+/m1/s1. The number of amides is 2. The fourth-order valence-corrected chi connectivity index (χ4v) is 6.69. The van der Waals surface area contributed by atoms with Gasteiger partial charge in [-0.05, 0) is 69.0 Å². The molecule has 0 unspecified atom stereocenters. The molecule has 8 heteroatoms. The van der Waals surface area contributed by atoms with Crippen LogP contribution in [0.2, 0.25) is 25.7 Å². The third-order valence-corrected chi connectivity index (χ3v) is 9.86. The summed E-state index contributed by atoms with van der Waals surface area (Å²) < 4.78 is 14.6. The molecule has 4 rings (SSSR count). The van der Waals surface area contributed by atoms with E-state index in [1.165, 1.54) is 5.56 Å². The third-order valence-electron chi connectivity index (χ3n) is 8.15. The lowest BCUT2D eigenvalue weighted by Crippen LogP contribution is -2.54. The van der Waals surface area contributed by atoms with Crippen LogP contribution in [0.25, 0.3) is 0 Å². The van der Waals surface area contributed by atoms with Crippen LogP contribution in [-0.4, -0.2) is 67.2 Å². The Hall–Kier alpha value is -2.16. The summed E-state index contributed by atoms with van der Waals surface area (Å²) in [5.74, 6) is 0.802. The second-order valence-corrected chi connectivity index (χ2v) is 17.8. The minimum absolute atomic E-state index is 0.0102. The molecule has 2 fully saturated rings. The van der Waals surface area contributed by atoms with Crippen molar-refractivity contribution in [1.82, 2.24) is 20.0 Å². The quantitative estimate of drug-likeness (QED) is 0.272. The van der Waals surface area contributed by atoms with Crippen LogP contribution >= 0.6 is 0 Å². The number of rotatable bonds is 11. The molecule has 2 atom stereocenters. The molecule has 1 aliphatic carbocycles. The number of benzene rings is 1. The maximum Gasteiger partial charge on any atom is 0.317 e. The smallest absolute Gasteiger partial charge is 0.317 e. The molecule has 7 nitrogen and oxygen atoms in total. The number of hydrogen-bond acceptors (Lipinski definition) is 4. The van der Waals surface area contributed by atoms with Gasteiger partial charge in [0.15, 0.2) is 0 Å². The van der Waals surface area contributed by atoms with Crippen molar-refractivity contribution in [3.63, 3.8) is 0 Å². The summed E-state index contributed by atoms with van der Waals surface area (Å²) in [4.78, 5) is 15.1. The molecule has 1 N–H and O–H groups in total. The van der Waals surface area contributed by atoms with E-state index in [0.29, 0.717) is 25.8 Å². The van der Waals surface area contributed by atoms with Crippen LogP contribution in [0.4, 0.5) is 4.79 Å². The van der Waals surface area contributed by atoms with E-state index in [4.69, 9.17) is 9.47 Å². The van der Waals surface area contributed by atoms with Gasteiger partial charge in [0.05, 0.1) is 18.8 Å². The largest absolute Gasteiger partial charge is 0.376 e. The van der Waals surface area contributed by atoms with E-state index >= 15 is 0 Å². The van der Waals surface area contributed by atoms with E-state index in [1.807, 2.05) is 22.7 Å². The van der Waals surface area contributed by atoms with E-state index in [9.17, 15) is 4.79 Å².